The van der Waals surface area contributed by atoms with E-state index in [-0.39, 0.29) is 42.6 Å². The molecule has 0 aliphatic carbocycles. The van der Waals surface area contributed by atoms with Crippen LogP contribution in [0.5, 0.6) is 11.5 Å². The zero-order chi connectivity index (χ0) is 50.9. The van der Waals surface area contributed by atoms with Gasteiger partial charge in [0.05, 0.1) is 58.8 Å². The molecule has 372 valence electrons. The lowest BCUT2D eigenvalue weighted by Crippen LogP contribution is -2.46. The highest BCUT2D eigenvalue weighted by atomic mass is 28.3. The molecule has 0 saturated carbocycles. The molecule has 5 N–H and O–H groups in total. The van der Waals surface area contributed by atoms with Crippen LogP contribution in [0.25, 0.3) is 66.9 Å². The summed E-state index contributed by atoms with van der Waals surface area (Å²) in [7, 11) is 2.17. The average molecular weight is 991 g/mol. The van der Waals surface area contributed by atoms with Gasteiger partial charge >= 0.3 is 13.2 Å². The van der Waals surface area contributed by atoms with E-state index in [9.17, 15) is 37.4 Å². The normalized spacial score (nSPS) is 12.4. The lowest BCUT2D eigenvalue weighted by molar-refractivity contribution is -0.0504. The van der Waals surface area contributed by atoms with Gasteiger partial charge in [0, 0.05) is 51.9 Å². The summed E-state index contributed by atoms with van der Waals surface area (Å²) >= 11 is 0. The molecule has 0 aliphatic rings. The summed E-state index contributed by atoms with van der Waals surface area (Å²) in [5, 5.41) is 34.7. The molecule has 0 radical (unpaired) electrons. The molecule has 0 bridgehead atoms. The molecule has 6 aromatic heterocycles. The van der Waals surface area contributed by atoms with Crippen LogP contribution in [0.3, 0.4) is 0 Å². The third kappa shape index (κ3) is 11.5. The number of aliphatic hydroxyl groups excluding tert-OH is 2. The van der Waals surface area contributed by atoms with Crippen molar-refractivity contribution >= 4 is 64.0 Å². The fourth-order valence-corrected chi connectivity index (χ4v) is 7.96. The lowest BCUT2D eigenvalue weighted by Gasteiger charge is -2.23. The van der Waals surface area contributed by atoms with Gasteiger partial charge in [-0.2, -0.15) is 27.8 Å². The van der Waals surface area contributed by atoms with Crippen molar-refractivity contribution in [2.24, 2.45) is 14.1 Å². The summed E-state index contributed by atoms with van der Waals surface area (Å²) in [5.41, 5.74) is 3.25. The van der Waals surface area contributed by atoms with E-state index < -0.39 is 44.2 Å². The van der Waals surface area contributed by atoms with Gasteiger partial charge in [-0.1, -0.05) is 19.6 Å². The second-order valence-corrected chi connectivity index (χ2v) is 24.6. The third-order valence-corrected chi connectivity index (χ3v) is 12.6. The number of nitrogens with zero attached hydrogens (tertiary/aromatic N) is 9. The summed E-state index contributed by atoms with van der Waals surface area (Å²) in [6.07, 6.45) is 6.14. The number of H-pyrrole nitrogens is 1. The Bertz CT molecular complexity index is 3200. The van der Waals surface area contributed by atoms with Crippen LogP contribution in [0.15, 0.2) is 61.2 Å². The first kappa shape index (κ1) is 50.8. The number of aryl methyl sites for hydroxylation is 2. The molecule has 0 unspecified atom stereocenters. The van der Waals surface area contributed by atoms with Gasteiger partial charge in [0.15, 0.2) is 11.3 Å². The van der Waals surface area contributed by atoms with Gasteiger partial charge in [0.2, 0.25) is 0 Å². The van der Waals surface area contributed by atoms with Gasteiger partial charge in [0.25, 0.3) is 11.8 Å². The standard InChI is InChI=1S/C26H34F2N6O4Si.C20H20F2N6O3/c1-26(2,14-35)31-24(36)18-13-34(15-37-9-10-39(4,5)6)23-22(18)30-19(12-29-23)21-17-11-16(38-25(27)28)7-8-20(17)33(3)32-21;1-20(2,9-29)26-18(30)12-7-23-17-16(12)25-13(8-24-17)15-11-6-10(31-19(21)22)4-5-14(11)28(3)27-15/h7-8,11-13,25,35H,9-10,14-15H2,1-6H3,(H,31,36);4-8,19,29H,9H2,1-3H3,(H,23,24)(H,26,30). The van der Waals surface area contributed by atoms with E-state index in [0.717, 1.165) is 6.04 Å². The SMILES string of the molecule is Cn1nc(-c2cnc3[nH]cc(C(=O)NC(C)(C)CO)c3n2)c2cc(OC(F)F)ccc21.Cn1nc(-c2cnc3c(n2)c(C(=O)NC(C)(C)CO)cn3COCC[Si](C)(C)C)c2cc(OC(F)F)ccc21. The summed E-state index contributed by atoms with van der Waals surface area (Å²) in [5.74, 6) is -0.854. The smallest absolute Gasteiger partial charge is 0.387 e. The number of benzene rings is 2. The van der Waals surface area contributed by atoms with Crippen LogP contribution in [0.2, 0.25) is 25.7 Å². The van der Waals surface area contributed by atoms with Crippen LogP contribution in [-0.2, 0) is 25.6 Å². The van der Waals surface area contributed by atoms with Crippen LogP contribution in [0.4, 0.5) is 17.6 Å². The highest BCUT2D eigenvalue weighted by Crippen LogP contribution is 2.33. The van der Waals surface area contributed by atoms with Crippen molar-refractivity contribution in [2.45, 2.75) is 84.4 Å². The van der Waals surface area contributed by atoms with E-state index in [4.69, 9.17) is 9.72 Å². The molecule has 24 heteroatoms. The summed E-state index contributed by atoms with van der Waals surface area (Å²) < 4.78 is 70.8. The molecule has 0 saturated heterocycles. The fourth-order valence-electron chi connectivity index (χ4n) is 7.20. The summed E-state index contributed by atoms with van der Waals surface area (Å²) in [6, 6.07) is 10.1. The van der Waals surface area contributed by atoms with Crippen LogP contribution in [0, 0.1) is 0 Å². The van der Waals surface area contributed by atoms with Crippen molar-refractivity contribution in [1.29, 1.82) is 0 Å². The maximum Gasteiger partial charge on any atom is 0.387 e. The van der Waals surface area contributed by atoms with Crippen LogP contribution >= 0.6 is 0 Å². The monoisotopic (exact) mass is 990 g/mol. The van der Waals surface area contributed by atoms with Crippen molar-refractivity contribution in [1.82, 2.24) is 59.7 Å². The first-order valence-corrected chi connectivity index (χ1v) is 25.7. The molecule has 2 amide bonds. The summed E-state index contributed by atoms with van der Waals surface area (Å²) in [4.78, 5) is 47.1. The molecular formula is C46H54F4N12O7Si. The molecule has 8 rings (SSSR count). The Balaban J connectivity index is 0.000000212. The Hall–Kier alpha value is -7.02. The number of carbonyl (C=O) groups excluding carboxylic acids is 2. The molecule has 70 heavy (non-hydrogen) atoms. The van der Waals surface area contributed by atoms with Crippen molar-refractivity contribution < 1.29 is 51.6 Å². The minimum Gasteiger partial charge on any atom is -0.435 e. The number of alkyl halides is 4. The number of nitrogens with one attached hydrogen (secondary N) is 3. The van der Waals surface area contributed by atoms with Crippen LogP contribution in [0.1, 0.15) is 48.4 Å². The number of aromatic amines is 1. The van der Waals surface area contributed by atoms with Crippen molar-refractivity contribution in [3.63, 3.8) is 0 Å². The van der Waals surface area contributed by atoms with Crippen LogP contribution in [-0.4, -0.2) is 123 Å². The van der Waals surface area contributed by atoms with Gasteiger partial charge in [-0.3, -0.25) is 19.0 Å². The molecule has 0 fully saturated rings. The second-order valence-electron chi connectivity index (χ2n) is 19.0. The Morgan fingerprint density at radius 3 is 1.76 bits per heavy atom. The van der Waals surface area contributed by atoms with Crippen LogP contribution < -0.4 is 20.1 Å². The zero-order valence-electron chi connectivity index (χ0n) is 39.9. The molecule has 0 atom stereocenters. The first-order chi connectivity index (χ1) is 33.0. The van der Waals surface area contributed by atoms with Crippen molar-refractivity contribution in [3.8, 4) is 34.3 Å². The lowest BCUT2D eigenvalue weighted by atomic mass is 10.1. The third-order valence-electron chi connectivity index (χ3n) is 10.9. The zero-order valence-corrected chi connectivity index (χ0v) is 40.9. The topological polar surface area (TPSA) is 234 Å². The highest BCUT2D eigenvalue weighted by Gasteiger charge is 2.27. The maximum absolute atomic E-state index is 13.3. The molecule has 0 spiro atoms. The minimum atomic E-state index is -2.96. The number of hydrogen-bond acceptors (Lipinski definition) is 13. The van der Waals surface area contributed by atoms with Gasteiger partial charge in [-0.25, -0.2) is 19.9 Å². The molecular weight excluding hydrogens is 937 g/mol. The van der Waals surface area contributed by atoms with E-state index >= 15 is 0 Å². The molecule has 19 nitrogen and oxygen atoms in total. The summed E-state index contributed by atoms with van der Waals surface area (Å²) in [6.45, 7) is 7.98. The number of hydrogen-bond donors (Lipinski definition) is 5. The van der Waals surface area contributed by atoms with Crippen molar-refractivity contribution in [3.05, 3.63) is 72.3 Å². The second kappa shape index (κ2) is 20.1. The average Bonchev–Trinajstić information content (AvgIpc) is 4.05. The quantitative estimate of drug-likeness (QED) is 0.0351. The number of carbonyl (C=O) groups is 2. The predicted octanol–water partition coefficient (Wildman–Crippen LogP) is 7.01. The van der Waals surface area contributed by atoms with Gasteiger partial charge in [-0.15, -0.1) is 0 Å². The number of ether oxygens (including phenoxy) is 3. The Morgan fingerprint density at radius 1 is 0.757 bits per heavy atom. The number of aromatic nitrogens is 10. The maximum atomic E-state index is 13.3. The van der Waals surface area contributed by atoms with Gasteiger partial charge in [-0.05, 0) is 70.1 Å². The highest BCUT2D eigenvalue weighted by molar-refractivity contribution is 6.76. The Morgan fingerprint density at radius 2 is 1.26 bits per heavy atom. The van der Waals surface area contributed by atoms with Gasteiger partial charge in [0.1, 0.15) is 52.0 Å². The van der Waals surface area contributed by atoms with E-state index in [1.807, 2.05) is 0 Å². The van der Waals surface area contributed by atoms with E-state index in [0.29, 0.717) is 73.5 Å². The Kier molecular flexibility index (Phi) is 14.6. The number of halogens is 4. The number of rotatable bonds is 17. The number of fused-ring (bicyclic) bond motifs is 4. The van der Waals surface area contributed by atoms with Crippen molar-refractivity contribution in [2.75, 3.05) is 19.8 Å². The van der Waals surface area contributed by atoms with Gasteiger partial charge < -0.3 is 44.6 Å². The van der Waals surface area contributed by atoms with E-state index in [1.54, 1.807) is 74.1 Å². The first-order valence-electron chi connectivity index (χ1n) is 21.9. The molecule has 8 aromatic rings. The Labute approximate surface area is 399 Å². The fraction of sp³-hybridized carbons (Fsp3) is 0.391. The minimum absolute atomic E-state index is 0.00117. The molecule has 6 heterocycles. The largest absolute Gasteiger partial charge is 0.435 e. The molecule has 2 aromatic carbocycles. The van der Waals surface area contributed by atoms with E-state index in [2.05, 4.69) is 69.9 Å². The number of amides is 2. The predicted molar refractivity (Wildman–Crippen MR) is 255 cm³/mol. The van der Waals surface area contributed by atoms with E-state index in [1.165, 1.54) is 42.9 Å². The number of aliphatic hydroxyl groups is 2. The molecule has 0 aliphatic heterocycles.